The summed E-state index contributed by atoms with van der Waals surface area (Å²) in [5, 5.41) is 2.94. The molecule has 0 spiro atoms. The molecule has 0 bridgehead atoms. The Bertz CT molecular complexity index is 537. The molecule has 1 saturated heterocycles. The number of nitrogens with one attached hydrogen (secondary N) is 1. The summed E-state index contributed by atoms with van der Waals surface area (Å²) < 4.78 is 16.2. The molecule has 6 nitrogen and oxygen atoms in total. The highest BCUT2D eigenvalue weighted by Crippen LogP contribution is 2.33. The molecule has 0 radical (unpaired) electrons. The van der Waals surface area contributed by atoms with Crippen molar-refractivity contribution < 1.29 is 19.0 Å². The van der Waals surface area contributed by atoms with E-state index in [1.54, 1.807) is 25.2 Å². The van der Waals surface area contributed by atoms with Crippen molar-refractivity contribution in [3.8, 4) is 11.5 Å². The van der Waals surface area contributed by atoms with Gasteiger partial charge in [-0.15, -0.1) is 0 Å². The van der Waals surface area contributed by atoms with Gasteiger partial charge in [-0.1, -0.05) is 0 Å². The maximum Gasteiger partial charge on any atom is 0.322 e. The molecule has 1 heterocycles. The number of amides is 2. The van der Waals surface area contributed by atoms with E-state index in [0.29, 0.717) is 24.6 Å². The molecule has 1 fully saturated rings. The predicted octanol–water partition coefficient (Wildman–Crippen LogP) is 2.65. The summed E-state index contributed by atoms with van der Waals surface area (Å²) in [5.74, 6) is 1.23. The number of hydrogen-bond donors (Lipinski definition) is 1. The molecule has 0 saturated carbocycles. The lowest BCUT2D eigenvalue weighted by Crippen LogP contribution is -2.49. The standard InChI is InChI=1S/C16H24N2O4/c1-10-6-14(20-4)15(21-5)7-13(10)17-16(19)18-8-11(2)22-12(3)9-18/h6-7,11-12H,8-9H2,1-5H3,(H,17,19)/t11-,12-/m0/s1. The Hall–Kier alpha value is -1.95. The minimum Gasteiger partial charge on any atom is -0.493 e. The summed E-state index contributed by atoms with van der Waals surface area (Å²) >= 11 is 0. The van der Waals surface area contributed by atoms with Crippen LogP contribution in [-0.2, 0) is 4.74 Å². The number of morpholine rings is 1. The minimum absolute atomic E-state index is 0.0426. The van der Waals surface area contributed by atoms with E-state index in [0.717, 1.165) is 11.3 Å². The third-order valence-electron chi connectivity index (χ3n) is 3.68. The van der Waals surface area contributed by atoms with Crippen LogP contribution in [0.1, 0.15) is 19.4 Å². The summed E-state index contributed by atoms with van der Waals surface area (Å²) in [6.45, 7) is 7.03. The molecule has 1 N–H and O–H groups in total. The number of anilines is 1. The lowest BCUT2D eigenvalue weighted by molar-refractivity contribution is -0.0530. The van der Waals surface area contributed by atoms with Crippen molar-refractivity contribution in [2.75, 3.05) is 32.6 Å². The number of methoxy groups -OCH3 is 2. The van der Waals surface area contributed by atoms with E-state index in [2.05, 4.69) is 5.32 Å². The second kappa shape index (κ2) is 6.87. The van der Waals surface area contributed by atoms with Gasteiger partial charge in [0.2, 0.25) is 0 Å². The fourth-order valence-electron chi connectivity index (χ4n) is 2.65. The molecule has 2 rings (SSSR count). The summed E-state index contributed by atoms with van der Waals surface area (Å²) in [4.78, 5) is 14.2. The van der Waals surface area contributed by atoms with Crippen LogP contribution < -0.4 is 14.8 Å². The van der Waals surface area contributed by atoms with Gasteiger partial charge >= 0.3 is 6.03 Å². The van der Waals surface area contributed by atoms with Gasteiger partial charge in [0.05, 0.1) is 26.4 Å². The van der Waals surface area contributed by atoms with E-state index in [9.17, 15) is 4.79 Å². The number of nitrogens with zero attached hydrogens (tertiary/aromatic N) is 1. The quantitative estimate of drug-likeness (QED) is 0.932. The minimum atomic E-state index is -0.127. The maximum atomic E-state index is 12.5. The largest absolute Gasteiger partial charge is 0.493 e. The van der Waals surface area contributed by atoms with Crippen LogP contribution in [0.15, 0.2) is 12.1 Å². The smallest absolute Gasteiger partial charge is 0.322 e. The van der Waals surface area contributed by atoms with Gasteiger partial charge in [-0.25, -0.2) is 4.79 Å². The summed E-state index contributed by atoms with van der Waals surface area (Å²) in [5.41, 5.74) is 1.63. The Labute approximate surface area is 131 Å². The molecular weight excluding hydrogens is 284 g/mol. The average Bonchev–Trinajstić information content (AvgIpc) is 2.47. The molecule has 1 aromatic carbocycles. The van der Waals surface area contributed by atoms with Crippen molar-refractivity contribution >= 4 is 11.7 Å². The number of carbonyl (C=O) groups excluding carboxylic acids is 1. The van der Waals surface area contributed by atoms with Gasteiger partial charge in [-0.3, -0.25) is 0 Å². The number of aryl methyl sites for hydroxylation is 1. The van der Waals surface area contributed by atoms with E-state index < -0.39 is 0 Å². The average molecular weight is 308 g/mol. The Morgan fingerprint density at radius 1 is 1.18 bits per heavy atom. The zero-order chi connectivity index (χ0) is 16.3. The molecule has 122 valence electrons. The molecule has 0 aromatic heterocycles. The summed E-state index contributed by atoms with van der Waals surface area (Å²) in [6.07, 6.45) is 0.0852. The molecule has 1 aromatic rings. The highest BCUT2D eigenvalue weighted by atomic mass is 16.5. The molecule has 1 aliphatic heterocycles. The Kier molecular flexibility index (Phi) is 5.13. The maximum absolute atomic E-state index is 12.5. The third kappa shape index (κ3) is 3.62. The Balaban J connectivity index is 2.14. The second-order valence-corrected chi connectivity index (χ2v) is 5.61. The van der Waals surface area contributed by atoms with Crippen molar-refractivity contribution in [1.29, 1.82) is 0 Å². The van der Waals surface area contributed by atoms with Gasteiger partial charge < -0.3 is 24.4 Å². The van der Waals surface area contributed by atoms with Crippen LogP contribution in [0.3, 0.4) is 0 Å². The van der Waals surface area contributed by atoms with Gasteiger partial charge in [0.25, 0.3) is 0 Å². The fourth-order valence-corrected chi connectivity index (χ4v) is 2.65. The first-order valence-corrected chi connectivity index (χ1v) is 7.38. The molecule has 0 unspecified atom stereocenters. The number of urea groups is 1. The highest BCUT2D eigenvalue weighted by molar-refractivity contribution is 5.90. The number of carbonyl (C=O) groups is 1. The first kappa shape index (κ1) is 16.4. The first-order valence-electron chi connectivity index (χ1n) is 7.38. The van der Waals surface area contributed by atoms with Crippen molar-refractivity contribution in [2.45, 2.75) is 33.0 Å². The van der Waals surface area contributed by atoms with Crippen molar-refractivity contribution in [2.24, 2.45) is 0 Å². The lowest BCUT2D eigenvalue weighted by atomic mass is 10.1. The third-order valence-corrected chi connectivity index (χ3v) is 3.68. The van der Waals surface area contributed by atoms with E-state index in [1.165, 1.54) is 0 Å². The molecule has 2 atom stereocenters. The van der Waals surface area contributed by atoms with Crippen molar-refractivity contribution in [3.05, 3.63) is 17.7 Å². The van der Waals surface area contributed by atoms with Crippen molar-refractivity contribution in [3.63, 3.8) is 0 Å². The van der Waals surface area contributed by atoms with E-state index >= 15 is 0 Å². The topological polar surface area (TPSA) is 60.0 Å². The zero-order valence-electron chi connectivity index (χ0n) is 13.8. The molecule has 6 heteroatoms. The number of rotatable bonds is 3. The predicted molar refractivity (Wildman–Crippen MR) is 84.9 cm³/mol. The highest BCUT2D eigenvalue weighted by Gasteiger charge is 2.26. The van der Waals surface area contributed by atoms with Gasteiger partial charge in [0.15, 0.2) is 11.5 Å². The van der Waals surface area contributed by atoms with Crippen molar-refractivity contribution in [1.82, 2.24) is 4.90 Å². The Morgan fingerprint density at radius 3 is 2.27 bits per heavy atom. The van der Waals surface area contributed by atoms with E-state index in [4.69, 9.17) is 14.2 Å². The molecular formula is C16H24N2O4. The van der Waals surface area contributed by atoms with Gasteiger partial charge in [-0.2, -0.15) is 0 Å². The first-order chi connectivity index (χ1) is 10.4. The van der Waals surface area contributed by atoms with Crippen LogP contribution in [0.5, 0.6) is 11.5 Å². The molecule has 2 amide bonds. The number of benzene rings is 1. The van der Waals surface area contributed by atoms with E-state index in [-0.39, 0.29) is 18.2 Å². The van der Waals surface area contributed by atoms with Crippen LogP contribution in [0.4, 0.5) is 10.5 Å². The summed E-state index contributed by atoms with van der Waals surface area (Å²) in [7, 11) is 3.16. The monoisotopic (exact) mass is 308 g/mol. The molecule has 22 heavy (non-hydrogen) atoms. The van der Waals surface area contributed by atoms with Crippen LogP contribution >= 0.6 is 0 Å². The number of ether oxygens (including phenoxy) is 3. The molecule has 0 aliphatic carbocycles. The van der Waals surface area contributed by atoms with Gasteiger partial charge in [0, 0.05) is 24.8 Å². The lowest BCUT2D eigenvalue weighted by Gasteiger charge is -2.35. The number of hydrogen-bond acceptors (Lipinski definition) is 4. The van der Waals surface area contributed by atoms with Crippen LogP contribution in [-0.4, -0.2) is 50.4 Å². The van der Waals surface area contributed by atoms with Crippen LogP contribution in [0, 0.1) is 6.92 Å². The molecule has 1 aliphatic rings. The van der Waals surface area contributed by atoms with Crippen LogP contribution in [0.25, 0.3) is 0 Å². The van der Waals surface area contributed by atoms with Gasteiger partial charge in [0.1, 0.15) is 0 Å². The van der Waals surface area contributed by atoms with Crippen LogP contribution in [0.2, 0.25) is 0 Å². The second-order valence-electron chi connectivity index (χ2n) is 5.61. The summed E-state index contributed by atoms with van der Waals surface area (Å²) in [6, 6.07) is 3.50. The zero-order valence-corrected chi connectivity index (χ0v) is 13.8. The fraction of sp³-hybridized carbons (Fsp3) is 0.562. The SMILES string of the molecule is COc1cc(C)c(NC(=O)N2C[C@H](C)O[C@@H](C)C2)cc1OC. The Morgan fingerprint density at radius 2 is 1.73 bits per heavy atom. The normalized spacial score (nSPS) is 21.4. The van der Waals surface area contributed by atoms with E-state index in [1.807, 2.05) is 26.8 Å². The van der Waals surface area contributed by atoms with Gasteiger partial charge in [-0.05, 0) is 32.4 Å².